The van der Waals surface area contributed by atoms with Gasteiger partial charge in [-0.1, -0.05) is 48.5 Å². The lowest BCUT2D eigenvalue weighted by molar-refractivity contribution is 0.0975. The van der Waals surface area contributed by atoms with Crippen LogP contribution in [0.25, 0.3) is 0 Å². The van der Waals surface area contributed by atoms with E-state index in [-0.39, 0.29) is 16.2 Å². The Bertz CT molecular complexity index is 280. The van der Waals surface area contributed by atoms with E-state index in [1.165, 1.54) is 0 Å². The van der Waals surface area contributed by atoms with Gasteiger partial charge in [0.15, 0.2) is 5.90 Å². The van der Waals surface area contributed by atoms with Crippen LogP contribution in [0.3, 0.4) is 0 Å². The summed E-state index contributed by atoms with van der Waals surface area (Å²) in [6.45, 7) is 17.6. The van der Waals surface area contributed by atoms with E-state index in [9.17, 15) is 0 Å². The number of hydrogen-bond acceptors (Lipinski definition) is 2. The van der Waals surface area contributed by atoms with E-state index in [1.807, 2.05) is 0 Å². The van der Waals surface area contributed by atoms with E-state index in [2.05, 4.69) is 53.5 Å². The van der Waals surface area contributed by atoms with Crippen LogP contribution in [0.2, 0.25) is 0 Å². The number of nitrogens with zero attached hydrogens (tertiary/aromatic N) is 1. The maximum atomic E-state index is 5.74. The monoisotopic (exact) mass is 225 g/mol. The van der Waals surface area contributed by atoms with E-state index >= 15 is 0 Å². The van der Waals surface area contributed by atoms with E-state index in [0.29, 0.717) is 0 Å². The molecule has 0 saturated heterocycles. The smallest absolute Gasteiger partial charge is 0.190 e. The van der Waals surface area contributed by atoms with Gasteiger partial charge in [-0.05, 0) is 17.3 Å². The molecule has 0 saturated carbocycles. The number of rotatable bonds is 2. The second kappa shape index (κ2) is 4.05. The van der Waals surface area contributed by atoms with Crippen molar-refractivity contribution in [2.75, 3.05) is 13.2 Å². The lowest BCUT2D eigenvalue weighted by atomic mass is 9.61. The van der Waals surface area contributed by atoms with Gasteiger partial charge in [0.05, 0.1) is 6.54 Å². The molecule has 0 N–H and O–H groups in total. The molecular formula is C14H27NO. The van der Waals surface area contributed by atoms with Crippen LogP contribution < -0.4 is 0 Å². The van der Waals surface area contributed by atoms with Crippen molar-refractivity contribution in [1.82, 2.24) is 0 Å². The highest BCUT2D eigenvalue weighted by Crippen LogP contribution is 2.48. The Morgan fingerprint density at radius 1 is 1.06 bits per heavy atom. The predicted molar refractivity (Wildman–Crippen MR) is 69.9 cm³/mol. The summed E-state index contributed by atoms with van der Waals surface area (Å²) in [6.07, 6.45) is 1.10. The number of ether oxygens (including phenoxy) is 1. The molecule has 0 aliphatic carbocycles. The average molecular weight is 225 g/mol. The summed E-state index contributed by atoms with van der Waals surface area (Å²) >= 11 is 0. The Hall–Kier alpha value is -0.530. The molecule has 1 aliphatic heterocycles. The van der Waals surface area contributed by atoms with Gasteiger partial charge in [0.1, 0.15) is 6.61 Å². The third-order valence-electron chi connectivity index (χ3n) is 3.60. The van der Waals surface area contributed by atoms with Crippen LogP contribution >= 0.6 is 0 Å². The quantitative estimate of drug-likeness (QED) is 0.698. The molecule has 2 heteroatoms. The molecule has 1 rings (SSSR count). The van der Waals surface area contributed by atoms with Crippen LogP contribution in [0.15, 0.2) is 4.99 Å². The molecule has 2 nitrogen and oxygen atoms in total. The van der Waals surface area contributed by atoms with Gasteiger partial charge < -0.3 is 4.74 Å². The second-order valence-corrected chi connectivity index (χ2v) is 7.35. The first kappa shape index (κ1) is 13.5. The Morgan fingerprint density at radius 3 is 1.94 bits per heavy atom. The van der Waals surface area contributed by atoms with Crippen molar-refractivity contribution in [3.05, 3.63) is 0 Å². The highest BCUT2D eigenvalue weighted by molar-refractivity contribution is 5.84. The summed E-state index contributed by atoms with van der Waals surface area (Å²) < 4.78 is 5.74. The van der Waals surface area contributed by atoms with Gasteiger partial charge >= 0.3 is 0 Å². The zero-order valence-corrected chi connectivity index (χ0v) is 12.0. The second-order valence-electron chi connectivity index (χ2n) is 7.35. The molecule has 1 aliphatic rings. The van der Waals surface area contributed by atoms with Crippen molar-refractivity contribution in [1.29, 1.82) is 0 Å². The molecule has 0 bridgehead atoms. The zero-order valence-electron chi connectivity index (χ0n) is 12.0. The Morgan fingerprint density at radius 2 is 1.62 bits per heavy atom. The van der Waals surface area contributed by atoms with Crippen LogP contribution in [-0.4, -0.2) is 19.0 Å². The van der Waals surface area contributed by atoms with E-state index < -0.39 is 0 Å². The first-order chi connectivity index (χ1) is 7.06. The minimum Gasteiger partial charge on any atom is -0.479 e. The first-order valence-electron chi connectivity index (χ1n) is 6.24. The molecule has 16 heavy (non-hydrogen) atoms. The minimum absolute atomic E-state index is 0.0295. The molecule has 0 spiro atoms. The number of hydrogen-bond donors (Lipinski definition) is 0. The highest BCUT2D eigenvalue weighted by Gasteiger charge is 2.46. The average Bonchev–Trinajstić information content (AvgIpc) is 2.49. The topological polar surface area (TPSA) is 21.6 Å². The normalized spacial score (nSPS) is 21.3. The summed E-state index contributed by atoms with van der Waals surface area (Å²) in [5, 5.41) is 0. The van der Waals surface area contributed by atoms with Crippen molar-refractivity contribution in [3.8, 4) is 0 Å². The van der Waals surface area contributed by atoms with Crippen molar-refractivity contribution in [3.63, 3.8) is 0 Å². The molecule has 0 amide bonds. The fourth-order valence-corrected chi connectivity index (χ4v) is 2.39. The molecule has 0 radical (unpaired) electrons. The first-order valence-corrected chi connectivity index (χ1v) is 6.24. The van der Waals surface area contributed by atoms with Gasteiger partial charge in [0.25, 0.3) is 0 Å². The fourth-order valence-electron chi connectivity index (χ4n) is 2.39. The summed E-state index contributed by atoms with van der Waals surface area (Å²) in [4.78, 5) is 4.55. The Balaban J connectivity index is 3.03. The van der Waals surface area contributed by atoms with E-state index in [4.69, 9.17) is 4.74 Å². The molecule has 0 aromatic carbocycles. The van der Waals surface area contributed by atoms with Gasteiger partial charge in [-0.15, -0.1) is 0 Å². The standard InChI is InChI=1S/C14H27NO/c1-12(2,3)10-14(7,13(4,5)6)11-15-8-9-16-11/h8-10H2,1-7H3. The zero-order chi connectivity index (χ0) is 12.6. The Kier molecular flexibility index (Phi) is 3.42. The summed E-state index contributed by atoms with van der Waals surface area (Å²) in [6, 6.07) is 0. The minimum atomic E-state index is 0.0295. The van der Waals surface area contributed by atoms with Crippen LogP contribution in [0.5, 0.6) is 0 Å². The lowest BCUT2D eigenvalue weighted by Crippen LogP contribution is -2.43. The summed E-state index contributed by atoms with van der Waals surface area (Å²) in [5.41, 5.74) is 0.488. The van der Waals surface area contributed by atoms with Crippen LogP contribution in [0.4, 0.5) is 0 Å². The van der Waals surface area contributed by atoms with Gasteiger partial charge in [-0.2, -0.15) is 0 Å². The summed E-state index contributed by atoms with van der Waals surface area (Å²) in [5.74, 6) is 0.968. The fraction of sp³-hybridized carbons (Fsp3) is 0.929. The van der Waals surface area contributed by atoms with Crippen molar-refractivity contribution < 1.29 is 4.74 Å². The molecule has 0 fully saturated rings. The maximum absolute atomic E-state index is 5.74. The predicted octanol–water partition coefficient (Wildman–Crippen LogP) is 3.90. The number of aliphatic imine (C=N–C) groups is 1. The van der Waals surface area contributed by atoms with Gasteiger partial charge in [0.2, 0.25) is 0 Å². The maximum Gasteiger partial charge on any atom is 0.190 e. The molecule has 1 atom stereocenters. The van der Waals surface area contributed by atoms with Crippen molar-refractivity contribution >= 4 is 5.90 Å². The Labute approximate surface area is 100 Å². The van der Waals surface area contributed by atoms with Gasteiger partial charge in [-0.25, -0.2) is 0 Å². The highest BCUT2D eigenvalue weighted by atomic mass is 16.5. The molecule has 1 heterocycles. The molecule has 0 aromatic rings. The summed E-state index contributed by atoms with van der Waals surface area (Å²) in [7, 11) is 0. The SMILES string of the molecule is CC(C)(C)CC(C)(C1=NCCO1)C(C)(C)C. The third-order valence-corrected chi connectivity index (χ3v) is 3.60. The van der Waals surface area contributed by atoms with Crippen molar-refractivity contribution in [2.24, 2.45) is 21.2 Å². The van der Waals surface area contributed by atoms with Crippen molar-refractivity contribution in [2.45, 2.75) is 54.9 Å². The van der Waals surface area contributed by atoms with Crippen LogP contribution in [-0.2, 0) is 4.74 Å². The van der Waals surface area contributed by atoms with Gasteiger partial charge in [-0.3, -0.25) is 4.99 Å². The molecular weight excluding hydrogens is 198 g/mol. The molecule has 1 unspecified atom stereocenters. The van der Waals surface area contributed by atoms with E-state index in [1.54, 1.807) is 0 Å². The lowest BCUT2D eigenvalue weighted by Gasteiger charge is -2.44. The third kappa shape index (κ3) is 2.78. The largest absolute Gasteiger partial charge is 0.479 e. The molecule has 0 aromatic heterocycles. The van der Waals surface area contributed by atoms with Gasteiger partial charge in [0, 0.05) is 5.41 Å². The molecule has 94 valence electrons. The van der Waals surface area contributed by atoms with E-state index in [0.717, 1.165) is 25.5 Å². The van der Waals surface area contributed by atoms with Crippen LogP contribution in [0.1, 0.15) is 54.9 Å². The van der Waals surface area contributed by atoms with Crippen LogP contribution in [0, 0.1) is 16.2 Å².